The summed E-state index contributed by atoms with van der Waals surface area (Å²) in [6.45, 7) is 0.891. The molecule has 24 heavy (non-hydrogen) atoms. The van der Waals surface area contributed by atoms with Crippen LogP contribution in [0.1, 0.15) is 11.1 Å². The molecule has 0 bridgehead atoms. The van der Waals surface area contributed by atoms with Crippen molar-refractivity contribution in [2.75, 3.05) is 4.31 Å². The third-order valence-corrected chi connectivity index (χ3v) is 5.13. The maximum Gasteiger partial charge on any atom is 0.318 e. The van der Waals surface area contributed by atoms with Crippen molar-refractivity contribution in [1.29, 1.82) is 0 Å². The van der Waals surface area contributed by atoms with Gasteiger partial charge in [0.25, 0.3) is 0 Å². The van der Waals surface area contributed by atoms with E-state index in [4.69, 9.17) is 4.74 Å². The molecule has 3 aromatic rings. The van der Waals surface area contributed by atoms with Gasteiger partial charge in [0.05, 0.1) is 11.4 Å². The van der Waals surface area contributed by atoms with E-state index >= 15 is 0 Å². The monoisotopic (exact) mass is 338 g/mol. The summed E-state index contributed by atoms with van der Waals surface area (Å²) < 4.78 is 20.0. The zero-order valence-electron chi connectivity index (χ0n) is 12.7. The number of rotatable bonds is 4. The van der Waals surface area contributed by atoms with E-state index in [-0.39, 0.29) is 6.01 Å². The molecule has 0 saturated carbocycles. The van der Waals surface area contributed by atoms with Crippen molar-refractivity contribution in [3.63, 3.8) is 0 Å². The molecule has 1 aliphatic heterocycles. The first-order valence-electron chi connectivity index (χ1n) is 7.43. The molecule has 1 atom stereocenters. The maximum atomic E-state index is 12.6. The normalized spacial score (nSPS) is 16.0. The van der Waals surface area contributed by atoms with Crippen LogP contribution in [-0.2, 0) is 24.1 Å². The highest BCUT2D eigenvalue weighted by Gasteiger charge is 2.28. The summed E-state index contributed by atoms with van der Waals surface area (Å²) in [6.07, 6.45) is 5.05. The average Bonchev–Trinajstić information content (AvgIpc) is 2.98. The summed E-state index contributed by atoms with van der Waals surface area (Å²) in [7, 11) is -1.26. The van der Waals surface area contributed by atoms with Gasteiger partial charge in [0.15, 0.2) is 11.0 Å². The highest BCUT2D eigenvalue weighted by atomic mass is 32.2. The molecule has 6 nitrogen and oxygen atoms in total. The van der Waals surface area contributed by atoms with Gasteiger partial charge in [0.2, 0.25) is 0 Å². The van der Waals surface area contributed by atoms with E-state index in [1.54, 1.807) is 29.0 Å². The minimum atomic E-state index is -1.26. The van der Waals surface area contributed by atoms with Crippen LogP contribution in [0, 0.1) is 0 Å². The van der Waals surface area contributed by atoms with Crippen molar-refractivity contribution >= 4 is 16.8 Å². The van der Waals surface area contributed by atoms with E-state index in [0.29, 0.717) is 19.0 Å². The lowest BCUT2D eigenvalue weighted by atomic mass is 10.2. The molecule has 2 aromatic heterocycles. The number of hydrogen-bond acceptors (Lipinski definition) is 5. The molecule has 1 aromatic carbocycles. The van der Waals surface area contributed by atoms with Gasteiger partial charge in [0, 0.05) is 30.2 Å². The summed E-state index contributed by atoms with van der Waals surface area (Å²) in [6, 6.07) is 13.5. The van der Waals surface area contributed by atoms with Crippen LogP contribution in [0.4, 0.5) is 5.82 Å². The van der Waals surface area contributed by atoms with Crippen LogP contribution in [0.2, 0.25) is 0 Å². The Morgan fingerprint density at radius 1 is 1.12 bits per heavy atom. The van der Waals surface area contributed by atoms with Crippen molar-refractivity contribution in [3.8, 4) is 6.01 Å². The van der Waals surface area contributed by atoms with Crippen molar-refractivity contribution < 1.29 is 8.95 Å². The fourth-order valence-electron chi connectivity index (χ4n) is 2.47. The van der Waals surface area contributed by atoms with Crippen LogP contribution in [0.25, 0.3) is 0 Å². The Hall–Kier alpha value is -2.80. The fourth-order valence-corrected chi connectivity index (χ4v) is 3.79. The lowest BCUT2D eigenvalue weighted by Crippen LogP contribution is -2.19. The van der Waals surface area contributed by atoms with Gasteiger partial charge in [-0.3, -0.25) is 9.29 Å². The van der Waals surface area contributed by atoms with E-state index in [1.807, 2.05) is 36.4 Å². The van der Waals surface area contributed by atoms with E-state index in [0.717, 1.165) is 16.0 Å². The second kappa shape index (κ2) is 6.37. The zero-order chi connectivity index (χ0) is 16.4. The van der Waals surface area contributed by atoms with Gasteiger partial charge >= 0.3 is 6.01 Å². The Labute approximate surface area is 141 Å². The number of ether oxygens (including phenoxy) is 1. The van der Waals surface area contributed by atoms with Crippen LogP contribution in [0.3, 0.4) is 0 Å². The molecule has 0 N–H and O–H groups in total. The number of nitrogens with zero attached hydrogens (tertiary/aromatic N) is 4. The lowest BCUT2D eigenvalue weighted by Gasteiger charge is -2.15. The Kier molecular flexibility index (Phi) is 3.92. The topological polar surface area (TPSA) is 68.2 Å². The maximum absolute atomic E-state index is 12.6. The molecule has 120 valence electrons. The smallest absolute Gasteiger partial charge is 0.318 e. The molecular weight excluding hydrogens is 324 g/mol. The number of hydrogen-bond donors (Lipinski definition) is 0. The van der Waals surface area contributed by atoms with Crippen LogP contribution < -0.4 is 9.04 Å². The van der Waals surface area contributed by atoms with Crippen molar-refractivity contribution in [2.45, 2.75) is 18.0 Å². The van der Waals surface area contributed by atoms with Gasteiger partial charge in [0.1, 0.15) is 12.4 Å². The Morgan fingerprint density at radius 3 is 2.88 bits per heavy atom. The predicted molar refractivity (Wildman–Crippen MR) is 89.6 cm³/mol. The molecule has 0 radical (unpaired) electrons. The molecule has 1 unspecified atom stereocenters. The molecule has 4 rings (SSSR count). The van der Waals surface area contributed by atoms with Gasteiger partial charge in [-0.2, -0.15) is 4.98 Å². The summed E-state index contributed by atoms with van der Waals surface area (Å²) in [5.74, 6) is 0.584. The largest absolute Gasteiger partial charge is 0.458 e. The average molecular weight is 338 g/mol. The first-order valence-corrected chi connectivity index (χ1v) is 8.54. The van der Waals surface area contributed by atoms with Gasteiger partial charge in [-0.15, -0.1) is 0 Å². The zero-order valence-corrected chi connectivity index (χ0v) is 13.5. The van der Waals surface area contributed by atoms with Crippen LogP contribution in [0.5, 0.6) is 6.01 Å². The minimum absolute atomic E-state index is 0.254. The Morgan fingerprint density at radius 2 is 2.04 bits per heavy atom. The molecule has 0 fully saturated rings. The van der Waals surface area contributed by atoms with Gasteiger partial charge < -0.3 is 4.74 Å². The van der Waals surface area contributed by atoms with Crippen LogP contribution in [0.15, 0.2) is 66.0 Å². The molecule has 3 heterocycles. The quantitative estimate of drug-likeness (QED) is 0.731. The third-order valence-electron chi connectivity index (χ3n) is 3.64. The summed E-state index contributed by atoms with van der Waals surface area (Å²) in [5, 5.41) is 0. The summed E-state index contributed by atoms with van der Waals surface area (Å²) in [4.78, 5) is 13.4. The fraction of sp³-hybridized carbons (Fsp3) is 0.118. The minimum Gasteiger partial charge on any atom is -0.458 e. The van der Waals surface area contributed by atoms with E-state index < -0.39 is 11.0 Å². The summed E-state index contributed by atoms with van der Waals surface area (Å²) in [5.41, 5.74) is 1.98. The molecular formula is C17H14N4O2S. The van der Waals surface area contributed by atoms with E-state index in [1.165, 1.54) is 0 Å². The van der Waals surface area contributed by atoms with Crippen molar-refractivity contribution in [2.24, 2.45) is 0 Å². The number of pyridine rings is 1. The molecule has 7 heteroatoms. The highest BCUT2D eigenvalue weighted by Crippen LogP contribution is 2.30. The summed E-state index contributed by atoms with van der Waals surface area (Å²) >= 11 is 0. The standard InChI is InChI=1S/C17H14N4O2S/c22-24-15-6-2-1-5-14(15)11-21(24)16-7-9-19-17(20-16)23-12-13-4-3-8-18-10-13/h1-10H,11-12H2. The number of aromatic nitrogens is 3. The number of anilines is 1. The number of fused-ring (bicyclic) bond motifs is 1. The lowest BCUT2D eigenvalue weighted by molar-refractivity contribution is 0.280. The van der Waals surface area contributed by atoms with Crippen LogP contribution in [-0.4, -0.2) is 19.2 Å². The van der Waals surface area contributed by atoms with Crippen molar-refractivity contribution in [3.05, 3.63) is 72.2 Å². The first kappa shape index (κ1) is 14.8. The second-order valence-electron chi connectivity index (χ2n) is 5.24. The second-order valence-corrected chi connectivity index (χ2v) is 6.62. The molecule has 0 saturated heterocycles. The van der Waals surface area contributed by atoms with Crippen molar-refractivity contribution in [1.82, 2.24) is 15.0 Å². The number of benzene rings is 1. The highest BCUT2D eigenvalue weighted by molar-refractivity contribution is 7.86. The van der Waals surface area contributed by atoms with Gasteiger partial charge in [-0.05, 0) is 17.7 Å². The third kappa shape index (κ3) is 2.85. The first-order chi connectivity index (χ1) is 11.8. The molecule has 0 amide bonds. The van der Waals surface area contributed by atoms with E-state index in [2.05, 4.69) is 15.0 Å². The van der Waals surface area contributed by atoms with Gasteiger partial charge in [-0.25, -0.2) is 9.19 Å². The molecule has 0 spiro atoms. The van der Waals surface area contributed by atoms with Gasteiger partial charge in [-0.1, -0.05) is 24.3 Å². The molecule has 1 aliphatic rings. The van der Waals surface area contributed by atoms with E-state index in [9.17, 15) is 4.21 Å². The Balaban J connectivity index is 1.52. The van der Waals surface area contributed by atoms with Crippen LogP contribution >= 0.6 is 0 Å². The molecule has 0 aliphatic carbocycles. The Bertz CT molecular complexity index is 889. The predicted octanol–water partition coefficient (Wildman–Crippen LogP) is 2.49. The SMILES string of the molecule is O=S1c2ccccc2CN1c1ccnc(OCc2cccnc2)n1.